The monoisotopic (exact) mass is 462 g/mol. The quantitative estimate of drug-likeness (QED) is 0.322. The molecule has 3 heterocycles. The van der Waals surface area contributed by atoms with Crippen LogP contribution in [0.5, 0.6) is 0 Å². The molecule has 0 N–H and O–H groups in total. The number of hydrogen-bond donors (Lipinski definition) is 0. The summed E-state index contributed by atoms with van der Waals surface area (Å²) in [5, 5.41) is 9.57. The lowest BCUT2D eigenvalue weighted by molar-refractivity contribution is 0.528. The van der Waals surface area contributed by atoms with Gasteiger partial charge in [0, 0.05) is 16.4 Å². The maximum Gasteiger partial charge on any atom is 0.262 e. The second-order valence-electron chi connectivity index (χ2n) is 5.99. The van der Waals surface area contributed by atoms with Gasteiger partial charge in [0.05, 0.1) is 16.7 Å². The number of halogens is 1. The minimum absolute atomic E-state index is 0.0243. The lowest BCUT2D eigenvalue weighted by Crippen LogP contribution is -2.19. The molecule has 0 spiro atoms. The Morgan fingerprint density at radius 2 is 2.04 bits per heavy atom. The molecule has 0 aliphatic carbocycles. The Morgan fingerprint density at radius 3 is 2.81 bits per heavy atom. The van der Waals surface area contributed by atoms with Crippen LogP contribution in [-0.2, 0) is 12.8 Å². The van der Waals surface area contributed by atoms with Gasteiger partial charge in [0.1, 0.15) is 4.83 Å². The van der Waals surface area contributed by atoms with E-state index in [4.69, 9.17) is 4.42 Å². The highest BCUT2D eigenvalue weighted by Crippen LogP contribution is 2.30. The Kier molecular flexibility index (Phi) is 4.92. The van der Waals surface area contributed by atoms with E-state index < -0.39 is 0 Å². The van der Waals surface area contributed by atoms with Gasteiger partial charge >= 0.3 is 0 Å². The van der Waals surface area contributed by atoms with Gasteiger partial charge in [-0.3, -0.25) is 9.36 Å². The molecule has 0 saturated carbocycles. The van der Waals surface area contributed by atoms with Gasteiger partial charge in [0.15, 0.2) is 5.16 Å². The third-order valence-electron chi connectivity index (χ3n) is 4.27. The number of hydrogen-bond acceptors (Lipinski definition) is 7. The molecular weight excluding hydrogens is 448 g/mol. The summed E-state index contributed by atoms with van der Waals surface area (Å²) in [4.78, 5) is 19.2. The SMILES string of the molecule is Cc1sc2nc(SCc3nnc(-c4ccccc4Br)o3)n(C)c(=O)c2c1C. The summed E-state index contributed by atoms with van der Waals surface area (Å²) in [6, 6.07) is 7.68. The summed E-state index contributed by atoms with van der Waals surface area (Å²) in [7, 11) is 1.74. The molecule has 0 saturated heterocycles. The third kappa shape index (κ3) is 3.35. The highest BCUT2D eigenvalue weighted by atomic mass is 79.9. The lowest BCUT2D eigenvalue weighted by Gasteiger charge is -2.05. The van der Waals surface area contributed by atoms with E-state index in [0.29, 0.717) is 28.1 Å². The topological polar surface area (TPSA) is 73.8 Å². The molecule has 4 aromatic rings. The first-order chi connectivity index (χ1) is 13.0. The standard InChI is InChI=1S/C18H15BrN4O2S2/c1-9-10(2)27-16-14(9)17(24)23(3)18(20-16)26-8-13-21-22-15(25-13)11-6-4-5-7-12(11)19/h4-7H,8H2,1-3H3. The molecule has 1 aromatic carbocycles. The molecule has 0 unspecified atom stereocenters. The van der Waals surface area contributed by atoms with Gasteiger partial charge in [-0.2, -0.15) is 0 Å². The van der Waals surface area contributed by atoms with Crippen LogP contribution >= 0.6 is 39.0 Å². The first kappa shape index (κ1) is 18.4. The zero-order valence-electron chi connectivity index (χ0n) is 14.8. The Morgan fingerprint density at radius 1 is 1.26 bits per heavy atom. The predicted octanol–water partition coefficient (Wildman–Crippen LogP) is 4.72. The van der Waals surface area contributed by atoms with Crippen LogP contribution in [0, 0.1) is 13.8 Å². The molecule has 0 amide bonds. The van der Waals surface area contributed by atoms with Crippen molar-refractivity contribution in [1.82, 2.24) is 19.7 Å². The second kappa shape index (κ2) is 7.21. The third-order valence-corrected chi connectivity index (χ3v) is 7.07. The zero-order chi connectivity index (χ0) is 19.1. The fourth-order valence-corrected chi connectivity index (χ4v) is 5.00. The largest absolute Gasteiger partial charge is 0.420 e. The van der Waals surface area contributed by atoms with Crippen LogP contribution in [0.1, 0.15) is 16.3 Å². The van der Waals surface area contributed by atoms with Crippen molar-refractivity contribution in [3.05, 3.63) is 55.4 Å². The Hall–Kier alpha value is -1.97. The van der Waals surface area contributed by atoms with Crippen molar-refractivity contribution in [2.24, 2.45) is 7.05 Å². The summed E-state index contributed by atoms with van der Waals surface area (Å²) >= 11 is 6.44. The van der Waals surface area contributed by atoms with Gasteiger partial charge in [-0.1, -0.05) is 23.9 Å². The first-order valence-electron chi connectivity index (χ1n) is 8.12. The molecule has 4 rings (SSSR count). The number of benzene rings is 1. The van der Waals surface area contributed by atoms with E-state index in [2.05, 4.69) is 31.1 Å². The molecule has 0 atom stereocenters. The molecule has 3 aromatic heterocycles. The minimum atomic E-state index is -0.0243. The number of rotatable bonds is 4. The van der Waals surface area contributed by atoms with Crippen molar-refractivity contribution in [1.29, 1.82) is 0 Å². The average Bonchev–Trinajstić information content (AvgIpc) is 3.22. The molecular formula is C18H15BrN4O2S2. The van der Waals surface area contributed by atoms with Gasteiger partial charge in [-0.05, 0) is 47.5 Å². The van der Waals surface area contributed by atoms with E-state index in [9.17, 15) is 4.79 Å². The summed E-state index contributed by atoms with van der Waals surface area (Å²) in [6.07, 6.45) is 0. The second-order valence-corrected chi connectivity index (χ2v) is 8.99. The number of fused-ring (bicyclic) bond motifs is 1. The van der Waals surface area contributed by atoms with E-state index in [-0.39, 0.29) is 5.56 Å². The lowest BCUT2D eigenvalue weighted by atomic mass is 10.2. The van der Waals surface area contributed by atoms with E-state index >= 15 is 0 Å². The Bertz CT molecular complexity index is 1210. The number of aromatic nitrogens is 4. The van der Waals surface area contributed by atoms with E-state index in [1.165, 1.54) is 11.8 Å². The van der Waals surface area contributed by atoms with E-state index in [1.807, 2.05) is 38.1 Å². The molecule has 0 aliphatic heterocycles. The van der Waals surface area contributed by atoms with Gasteiger partial charge in [-0.15, -0.1) is 21.5 Å². The van der Waals surface area contributed by atoms with Crippen LogP contribution in [0.2, 0.25) is 0 Å². The first-order valence-corrected chi connectivity index (χ1v) is 10.7. The molecule has 0 aliphatic rings. The van der Waals surface area contributed by atoms with E-state index in [1.54, 1.807) is 23.0 Å². The molecule has 6 nitrogen and oxygen atoms in total. The highest BCUT2D eigenvalue weighted by molar-refractivity contribution is 9.10. The Balaban J connectivity index is 1.60. The van der Waals surface area contributed by atoms with Crippen molar-refractivity contribution < 1.29 is 4.42 Å². The number of aryl methyl sites for hydroxylation is 2. The van der Waals surface area contributed by atoms with Crippen LogP contribution in [0.3, 0.4) is 0 Å². The maximum absolute atomic E-state index is 12.7. The number of thioether (sulfide) groups is 1. The molecule has 0 bridgehead atoms. The zero-order valence-corrected chi connectivity index (χ0v) is 18.0. The van der Waals surface area contributed by atoms with Crippen LogP contribution in [0.15, 0.2) is 43.1 Å². The Labute approximate surface area is 171 Å². The predicted molar refractivity (Wildman–Crippen MR) is 111 cm³/mol. The van der Waals surface area contributed by atoms with Crippen molar-refractivity contribution in [2.75, 3.05) is 0 Å². The smallest absolute Gasteiger partial charge is 0.262 e. The van der Waals surface area contributed by atoms with Crippen LogP contribution in [-0.4, -0.2) is 19.7 Å². The van der Waals surface area contributed by atoms with Crippen molar-refractivity contribution >= 4 is 49.2 Å². The van der Waals surface area contributed by atoms with Crippen molar-refractivity contribution in [3.63, 3.8) is 0 Å². The van der Waals surface area contributed by atoms with Gasteiger partial charge in [0.2, 0.25) is 11.8 Å². The number of thiophene rings is 1. The van der Waals surface area contributed by atoms with Gasteiger partial charge in [-0.25, -0.2) is 4.98 Å². The van der Waals surface area contributed by atoms with Crippen LogP contribution in [0.25, 0.3) is 21.7 Å². The van der Waals surface area contributed by atoms with Crippen molar-refractivity contribution in [2.45, 2.75) is 24.8 Å². The number of nitrogens with zero attached hydrogens (tertiary/aromatic N) is 4. The maximum atomic E-state index is 12.7. The van der Waals surface area contributed by atoms with Gasteiger partial charge in [0.25, 0.3) is 5.56 Å². The molecule has 0 fully saturated rings. The molecule has 9 heteroatoms. The van der Waals surface area contributed by atoms with E-state index in [0.717, 1.165) is 25.3 Å². The van der Waals surface area contributed by atoms with Crippen LogP contribution in [0.4, 0.5) is 0 Å². The van der Waals surface area contributed by atoms with Crippen LogP contribution < -0.4 is 5.56 Å². The average molecular weight is 463 g/mol. The fourth-order valence-electron chi connectivity index (χ4n) is 2.67. The normalized spacial score (nSPS) is 11.4. The summed E-state index contributed by atoms with van der Waals surface area (Å²) in [6.45, 7) is 3.97. The fraction of sp³-hybridized carbons (Fsp3) is 0.222. The summed E-state index contributed by atoms with van der Waals surface area (Å²) in [5.74, 6) is 1.38. The van der Waals surface area contributed by atoms with Gasteiger partial charge < -0.3 is 4.42 Å². The summed E-state index contributed by atoms with van der Waals surface area (Å²) in [5.41, 5.74) is 1.83. The molecule has 138 valence electrons. The van der Waals surface area contributed by atoms with Crippen molar-refractivity contribution in [3.8, 4) is 11.5 Å². The highest BCUT2D eigenvalue weighted by Gasteiger charge is 2.16. The minimum Gasteiger partial charge on any atom is -0.420 e. The molecule has 27 heavy (non-hydrogen) atoms. The summed E-state index contributed by atoms with van der Waals surface area (Å²) < 4.78 is 8.24. The molecule has 0 radical (unpaired) electrons.